The fourth-order valence-electron chi connectivity index (χ4n) is 1.19. The summed E-state index contributed by atoms with van der Waals surface area (Å²) < 4.78 is 2.89. The molecule has 1 rings (SSSR count). The second-order valence-corrected chi connectivity index (χ2v) is 4.21. The molecule has 0 aliphatic rings. The molecular weight excluding hydrogens is 295 g/mol. The topological polar surface area (TPSA) is 55.1 Å². The Morgan fingerprint density at radius 1 is 1.50 bits per heavy atom. The lowest BCUT2D eigenvalue weighted by Gasteiger charge is -2.00. The molecular formula is C9H13IN2O2. The van der Waals surface area contributed by atoms with E-state index in [2.05, 4.69) is 27.7 Å². The van der Waals surface area contributed by atoms with Gasteiger partial charge in [-0.1, -0.05) is 6.42 Å². The van der Waals surface area contributed by atoms with Crippen LogP contribution in [-0.2, 0) is 11.3 Å². The lowest BCUT2D eigenvalue weighted by molar-refractivity contribution is -0.137. The molecule has 0 aromatic carbocycles. The van der Waals surface area contributed by atoms with Gasteiger partial charge in [0.05, 0.1) is 0 Å². The van der Waals surface area contributed by atoms with Gasteiger partial charge >= 0.3 is 5.97 Å². The van der Waals surface area contributed by atoms with Gasteiger partial charge in [0.1, 0.15) is 3.70 Å². The third kappa shape index (κ3) is 4.59. The molecule has 0 aliphatic carbocycles. The molecule has 0 spiro atoms. The van der Waals surface area contributed by atoms with Crippen molar-refractivity contribution < 1.29 is 9.90 Å². The normalized spacial score (nSPS) is 10.4. The van der Waals surface area contributed by atoms with E-state index in [1.54, 1.807) is 0 Å². The molecule has 0 radical (unpaired) electrons. The molecule has 0 fully saturated rings. The number of aromatic nitrogens is 2. The Hall–Kier alpha value is -0.590. The standard InChI is InChI=1S/C9H13IN2O2/c10-8-5-7-12(11-8)6-3-1-2-4-9(13)14/h5,7H,1-4,6H2,(H,13,14). The molecule has 1 aromatic rings. The van der Waals surface area contributed by atoms with Crippen molar-refractivity contribution in [2.75, 3.05) is 0 Å². The molecule has 0 unspecified atom stereocenters. The number of aryl methyl sites for hydroxylation is 1. The van der Waals surface area contributed by atoms with Crippen LogP contribution in [0.5, 0.6) is 0 Å². The zero-order valence-electron chi connectivity index (χ0n) is 7.82. The average Bonchev–Trinajstić information content (AvgIpc) is 2.50. The van der Waals surface area contributed by atoms with E-state index in [9.17, 15) is 4.79 Å². The monoisotopic (exact) mass is 308 g/mol. The smallest absolute Gasteiger partial charge is 0.303 e. The number of aliphatic carboxylic acids is 1. The highest BCUT2D eigenvalue weighted by Gasteiger charge is 1.97. The maximum absolute atomic E-state index is 10.2. The summed E-state index contributed by atoms with van der Waals surface area (Å²) in [4.78, 5) is 10.2. The Kier molecular flexibility index (Phi) is 4.92. The van der Waals surface area contributed by atoms with Gasteiger partial charge in [-0.05, 0) is 41.5 Å². The van der Waals surface area contributed by atoms with E-state index in [0.717, 1.165) is 29.5 Å². The van der Waals surface area contributed by atoms with Crippen LogP contribution in [0.4, 0.5) is 0 Å². The number of hydrogen-bond acceptors (Lipinski definition) is 2. The van der Waals surface area contributed by atoms with Crippen LogP contribution in [0.1, 0.15) is 25.7 Å². The number of unbranched alkanes of at least 4 members (excludes halogenated alkanes) is 2. The van der Waals surface area contributed by atoms with Crippen molar-refractivity contribution in [2.45, 2.75) is 32.2 Å². The van der Waals surface area contributed by atoms with Crippen molar-refractivity contribution in [3.8, 4) is 0 Å². The number of halogens is 1. The van der Waals surface area contributed by atoms with E-state index in [-0.39, 0.29) is 6.42 Å². The third-order valence-electron chi connectivity index (χ3n) is 1.89. The van der Waals surface area contributed by atoms with Crippen molar-refractivity contribution in [2.24, 2.45) is 0 Å². The zero-order valence-corrected chi connectivity index (χ0v) is 9.98. The molecule has 1 heterocycles. The van der Waals surface area contributed by atoms with Crippen molar-refractivity contribution in [3.05, 3.63) is 16.0 Å². The highest BCUT2D eigenvalue weighted by Crippen LogP contribution is 2.04. The van der Waals surface area contributed by atoms with E-state index in [1.165, 1.54) is 0 Å². The fourth-order valence-corrected chi connectivity index (χ4v) is 1.63. The van der Waals surface area contributed by atoms with Crippen LogP contribution in [0, 0.1) is 3.70 Å². The summed E-state index contributed by atoms with van der Waals surface area (Å²) in [6, 6.07) is 1.96. The van der Waals surface area contributed by atoms with Crippen LogP contribution >= 0.6 is 22.6 Å². The summed E-state index contributed by atoms with van der Waals surface area (Å²) in [6.07, 6.45) is 4.91. The minimum absolute atomic E-state index is 0.274. The molecule has 4 nitrogen and oxygen atoms in total. The number of nitrogens with zero attached hydrogens (tertiary/aromatic N) is 2. The first-order valence-corrected chi connectivity index (χ1v) is 5.67. The van der Waals surface area contributed by atoms with Crippen molar-refractivity contribution in [1.29, 1.82) is 0 Å². The number of carbonyl (C=O) groups is 1. The first-order chi connectivity index (χ1) is 6.68. The van der Waals surface area contributed by atoms with Crippen molar-refractivity contribution in [1.82, 2.24) is 9.78 Å². The predicted octanol–water partition coefficient (Wildman–Crippen LogP) is 2.13. The van der Waals surface area contributed by atoms with Crippen LogP contribution < -0.4 is 0 Å². The fraction of sp³-hybridized carbons (Fsp3) is 0.556. The zero-order chi connectivity index (χ0) is 10.4. The Morgan fingerprint density at radius 2 is 2.29 bits per heavy atom. The van der Waals surface area contributed by atoms with E-state index < -0.39 is 5.97 Å². The lowest BCUT2D eigenvalue weighted by Crippen LogP contribution is -2.00. The van der Waals surface area contributed by atoms with Crippen LogP contribution in [0.25, 0.3) is 0 Å². The van der Waals surface area contributed by atoms with Gasteiger partial charge in [-0.2, -0.15) is 5.10 Å². The van der Waals surface area contributed by atoms with E-state index >= 15 is 0 Å². The lowest BCUT2D eigenvalue weighted by atomic mass is 10.2. The van der Waals surface area contributed by atoms with Crippen molar-refractivity contribution >= 4 is 28.6 Å². The number of carboxylic acid groups (broad SMARTS) is 1. The van der Waals surface area contributed by atoms with Crippen LogP contribution in [0.2, 0.25) is 0 Å². The van der Waals surface area contributed by atoms with E-state index in [4.69, 9.17) is 5.11 Å². The number of hydrogen-bond donors (Lipinski definition) is 1. The van der Waals surface area contributed by atoms with Gasteiger partial charge in [-0.15, -0.1) is 0 Å². The SMILES string of the molecule is O=C(O)CCCCCn1ccc(I)n1. The Labute approximate surface area is 96.4 Å². The maximum Gasteiger partial charge on any atom is 0.303 e. The Morgan fingerprint density at radius 3 is 2.86 bits per heavy atom. The van der Waals surface area contributed by atoms with Crippen molar-refractivity contribution in [3.63, 3.8) is 0 Å². The Bertz CT molecular complexity index is 299. The summed E-state index contributed by atoms with van der Waals surface area (Å²) in [5, 5.41) is 12.6. The maximum atomic E-state index is 10.2. The van der Waals surface area contributed by atoms with Gasteiger partial charge in [-0.25, -0.2) is 0 Å². The van der Waals surface area contributed by atoms with Gasteiger partial charge in [-0.3, -0.25) is 9.48 Å². The highest BCUT2D eigenvalue weighted by molar-refractivity contribution is 14.1. The summed E-state index contributed by atoms with van der Waals surface area (Å²) in [5.41, 5.74) is 0. The highest BCUT2D eigenvalue weighted by atomic mass is 127. The first kappa shape index (κ1) is 11.5. The minimum atomic E-state index is -0.710. The summed E-state index contributed by atoms with van der Waals surface area (Å²) in [5.74, 6) is -0.710. The van der Waals surface area contributed by atoms with Gasteiger partial charge in [0, 0.05) is 19.2 Å². The minimum Gasteiger partial charge on any atom is -0.481 e. The third-order valence-corrected chi connectivity index (χ3v) is 2.46. The van der Waals surface area contributed by atoms with E-state index in [1.807, 2.05) is 16.9 Å². The molecule has 0 bridgehead atoms. The van der Waals surface area contributed by atoms with Crippen LogP contribution in [-0.4, -0.2) is 20.9 Å². The molecule has 0 saturated heterocycles. The quantitative estimate of drug-likeness (QED) is 0.647. The number of carboxylic acids is 1. The molecule has 0 aliphatic heterocycles. The molecule has 78 valence electrons. The number of rotatable bonds is 6. The first-order valence-electron chi connectivity index (χ1n) is 4.59. The molecule has 0 amide bonds. The molecule has 5 heteroatoms. The van der Waals surface area contributed by atoms with Gasteiger partial charge < -0.3 is 5.11 Å². The second kappa shape index (κ2) is 6.00. The molecule has 0 saturated carbocycles. The summed E-state index contributed by atoms with van der Waals surface area (Å²) in [7, 11) is 0. The van der Waals surface area contributed by atoms with Crippen LogP contribution in [0.3, 0.4) is 0 Å². The molecule has 1 N–H and O–H groups in total. The molecule has 0 atom stereocenters. The molecule has 1 aromatic heterocycles. The Balaban J connectivity index is 2.07. The second-order valence-electron chi connectivity index (χ2n) is 3.11. The average molecular weight is 308 g/mol. The van der Waals surface area contributed by atoms with Gasteiger partial charge in [0.2, 0.25) is 0 Å². The van der Waals surface area contributed by atoms with Gasteiger partial charge in [0.25, 0.3) is 0 Å². The summed E-state index contributed by atoms with van der Waals surface area (Å²) in [6.45, 7) is 0.878. The summed E-state index contributed by atoms with van der Waals surface area (Å²) >= 11 is 2.17. The van der Waals surface area contributed by atoms with Gasteiger partial charge in [0.15, 0.2) is 0 Å². The predicted molar refractivity (Wildman–Crippen MR) is 61.0 cm³/mol. The van der Waals surface area contributed by atoms with Crippen LogP contribution in [0.15, 0.2) is 12.3 Å². The molecule has 14 heavy (non-hydrogen) atoms. The van der Waals surface area contributed by atoms with E-state index in [0.29, 0.717) is 0 Å². The largest absolute Gasteiger partial charge is 0.481 e.